The molecule has 156 valence electrons. The van der Waals surface area contributed by atoms with Gasteiger partial charge in [0.2, 0.25) is 0 Å². The van der Waals surface area contributed by atoms with E-state index in [-0.39, 0.29) is 11.8 Å². The second-order valence-electron chi connectivity index (χ2n) is 8.37. The summed E-state index contributed by atoms with van der Waals surface area (Å²) < 4.78 is 2.28. The van der Waals surface area contributed by atoms with E-state index in [4.69, 9.17) is 9.97 Å². The molecule has 3 heterocycles. The molecule has 0 radical (unpaired) electrons. The maximum Gasteiger partial charge on any atom is 0.143 e. The van der Waals surface area contributed by atoms with E-state index in [9.17, 15) is 5.11 Å². The monoisotopic (exact) mass is 418 g/mol. The second kappa shape index (κ2) is 6.95. The first-order chi connectivity index (χ1) is 15.6. The Bertz CT molecular complexity index is 1620. The van der Waals surface area contributed by atoms with E-state index in [0.717, 1.165) is 50.0 Å². The van der Waals surface area contributed by atoms with Gasteiger partial charge in [-0.1, -0.05) is 42.5 Å². The van der Waals surface area contributed by atoms with Crippen molar-refractivity contribution >= 4 is 32.8 Å². The quantitative estimate of drug-likeness (QED) is 0.337. The van der Waals surface area contributed by atoms with Crippen LogP contribution in [-0.2, 0) is 0 Å². The number of para-hydroxylation sites is 3. The summed E-state index contributed by atoms with van der Waals surface area (Å²) in [5, 5.41) is 12.4. The Kier molecular flexibility index (Phi) is 4.05. The van der Waals surface area contributed by atoms with Crippen LogP contribution in [0.5, 0.6) is 5.75 Å². The van der Waals surface area contributed by atoms with Gasteiger partial charge in [0, 0.05) is 34.1 Å². The lowest BCUT2D eigenvalue weighted by Crippen LogP contribution is -2.03. The summed E-state index contributed by atoms with van der Waals surface area (Å²) in [4.78, 5) is 13.3. The fourth-order valence-corrected chi connectivity index (χ4v) is 4.59. The molecule has 6 aromatic rings. The minimum atomic E-state index is 0.184. The van der Waals surface area contributed by atoms with Crippen LogP contribution < -0.4 is 0 Å². The third-order valence-corrected chi connectivity index (χ3v) is 6.04. The van der Waals surface area contributed by atoms with Gasteiger partial charge in [-0.3, -0.25) is 0 Å². The highest BCUT2D eigenvalue weighted by atomic mass is 16.3. The number of rotatable bonds is 3. The Morgan fingerprint density at radius 2 is 1.56 bits per heavy atom. The minimum absolute atomic E-state index is 0.184. The number of phenols is 1. The van der Waals surface area contributed by atoms with E-state index in [2.05, 4.69) is 53.7 Å². The van der Waals surface area contributed by atoms with Crippen molar-refractivity contribution in [3.05, 3.63) is 79.0 Å². The number of phenolic OH excluding ortho intramolecular Hbond substituents is 1. The van der Waals surface area contributed by atoms with Gasteiger partial charge in [0.1, 0.15) is 17.1 Å². The number of benzene rings is 3. The van der Waals surface area contributed by atoms with Gasteiger partial charge >= 0.3 is 0 Å². The number of H-pyrrole nitrogens is 1. The van der Waals surface area contributed by atoms with Gasteiger partial charge in [-0.2, -0.15) is 0 Å². The predicted molar refractivity (Wildman–Crippen MR) is 130 cm³/mol. The van der Waals surface area contributed by atoms with Crippen LogP contribution in [0.25, 0.3) is 55.5 Å². The Hall–Kier alpha value is -4.12. The molecule has 0 saturated heterocycles. The lowest BCUT2D eigenvalue weighted by molar-refractivity contribution is 0.480. The first kappa shape index (κ1) is 18.6. The molecule has 6 rings (SSSR count). The molecule has 0 aliphatic rings. The molecule has 0 spiro atoms. The van der Waals surface area contributed by atoms with Crippen molar-refractivity contribution in [1.82, 2.24) is 19.5 Å². The third kappa shape index (κ3) is 2.71. The molecule has 0 aliphatic heterocycles. The van der Waals surface area contributed by atoms with Gasteiger partial charge in [-0.15, -0.1) is 0 Å². The van der Waals surface area contributed by atoms with Crippen LogP contribution in [0.4, 0.5) is 0 Å². The number of hydrogen-bond acceptors (Lipinski definition) is 3. The van der Waals surface area contributed by atoms with E-state index in [1.54, 1.807) is 6.07 Å². The van der Waals surface area contributed by atoms with Gasteiger partial charge in [0.15, 0.2) is 0 Å². The molecule has 0 aliphatic carbocycles. The standard InChI is InChI=1S/C27H22N4O/c1-16(2)31-22-10-5-8-19(21-13-12-17-7-4-11-23(32)25(17)29-21)26(22)30-27(31)20-9-3-6-18-14-15-28-24(18)20/h3-16,28,32H,1-2H3. The Morgan fingerprint density at radius 3 is 2.44 bits per heavy atom. The number of nitrogens with zero attached hydrogens (tertiary/aromatic N) is 3. The van der Waals surface area contributed by atoms with E-state index in [0.29, 0.717) is 5.52 Å². The first-order valence-corrected chi connectivity index (χ1v) is 10.8. The third-order valence-electron chi connectivity index (χ3n) is 6.04. The highest BCUT2D eigenvalue weighted by molar-refractivity contribution is 5.99. The predicted octanol–water partition coefficient (Wildman–Crippen LogP) is 6.69. The topological polar surface area (TPSA) is 66.7 Å². The molecule has 0 amide bonds. The number of pyridine rings is 1. The van der Waals surface area contributed by atoms with Gasteiger partial charge < -0.3 is 14.7 Å². The van der Waals surface area contributed by atoms with Crippen molar-refractivity contribution in [3.63, 3.8) is 0 Å². The average Bonchev–Trinajstić information content (AvgIpc) is 3.43. The van der Waals surface area contributed by atoms with Gasteiger partial charge in [0.25, 0.3) is 0 Å². The van der Waals surface area contributed by atoms with Crippen LogP contribution in [-0.4, -0.2) is 24.6 Å². The first-order valence-electron chi connectivity index (χ1n) is 10.8. The number of aromatic amines is 1. The van der Waals surface area contributed by atoms with Crippen LogP contribution in [0.1, 0.15) is 19.9 Å². The molecule has 3 aromatic heterocycles. The molecule has 3 aromatic carbocycles. The number of hydrogen-bond donors (Lipinski definition) is 2. The van der Waals surface area contributed by atoms with E-state index >= 15 is 0 Å². The summed E-state index contributed by atoms with van der Waals surface area (Å²) >= 11 is 0. The van der Waals surface area contributed by atoms with Crippen LogP contribution in [0.2, 0.25) is 0 Å². The lowest BCUT2D eigenvalue weighted by Gasteiger charge is -2.14. The SMILES string of the molecule is CC(C)n1c(-c2cccc3cc[nH]c23)nc2c(-c3ccc4cccc(O)c4n3)cccc21. The molecule has 0 fully saturated rings. The fourth-order valence-electron chi connectivity index (χ4n) is 4.59. The molecule has 2 N–H and O–H groups in total. The molecule has 5 nitrogen and oxygen atoms in total. The second-order valence-corrected chi connectivity index (χ2v) is 8.37. The van der Waals surface area contributed by atoms with Crippen molar-refractivity contribution in [1.29, 1.82) is 0 Å². The molecular formula is C27H22N4O. The highest BCUT2D eigenvalue weighted by Gasteiger charge is 2.20. The van der Waals surface area contributed by atoms with Crippen LogP contribution in [0, 0.1) is 0 Å². The average molecular weight is 419 g/mol. The molecule has 0 saturated carbocycles. The van der Waals surface area contributed by atoms with Crippen molar-refractivity contribution in [3.8, 4) is 28.4 Å². The number of nitrogens with one attached hydrogen (secondary N) is 1. The zero-order valence-electron chi connectivity index (χ0n) is 17.9. The van der Waals surface area contributed by atoms with E-state index in [1.165, 1.54) is 0 Å². The maximum absolute atomic E-state index is 10.3. The fraction of sp³-hybridized carbons (Fsp3) is 0.111. The normalized spacial score (nSPS) is 11.8. The molecular weight excluding hydrogens is 396 g/mol. The van der Waals surface area contributed by atoms with Crippen molar-refractivity contribution in [2.24, 2.45) is 0 Å². The smallest absolute Gasteiger partial charge is 0.143 e. The van der Waals surface area contributed by atoms with Gasteiger partial charge in [-0.05, 0) is 44.2 Å². The summed E-state index contributed by atoms with van der Waals surface area (Å²) in [6.45, 7) is 4.36. The number of fused-ring (bicyclic) bond motifs is 3. The summed E-state index contributed by atoms with van der Waals surface area (Å²) in [6.07, 6.45) is 1.97. The Balaban J connectivity index is 1.65. The number of aromatic nitrogens is 4. The summed E-state index contributed by atoms with van der Waals surface area (Å²) in [5.41, 5.74) is 6.47. The van der Waals surface area contributed by atoms with Crippen molar-refractivity contribution < 1.29 is 5.11 Å². The summed E-state index contributed by atoms with van der Waals surface area (Å²) in [6, 6.07) is 24.3. The molecule has 5 heteroatoms. The molecule has 32 heavy (non-hydrogen) atoms. The van der Waals surface area contributed by atoms with E-state index < -0.39 is 0 Å². The molecule has 0 bridgehead atoms. The van der Waals surface area contributed by atoms with Gasteiger partial charge in [0.05, 0.1) is 22.2 Å². The van der Waals surface area contributed by atoms with Gasteiger partial charge in [-0.25, -0.2) is 9.97 Å². The Morgan fingerprint density at radius 1 is 0.781 bits per heavy atom. The summed E-state index contributed by atoms with van der Waals surface area (Å²) in [7, 11) is 0. The lowest BCUT2D eigenvalue weighted by atomic mass is 10.1. The Labute approximate surface area is 185 Å². The van der Waals surface area contributed by atoms with E-state index in [1.807, 2.05) is 42.6 Å². The summed E-state index contributed by atoms with van der Waals surface area (Å²) in [5.74, 6) is 1.11. The largest absolute Gasteiger partial charge is 0.506 e. The zero-order valence-corrected chi connectivity index (χ0v) is 17.9. The van der Waals surface area contributed by atoms with Crippen LogP contribution >= 0.6 is 0 Å². The van der Waals surface area contributed by atoms with Crippen molar-refractivity contribution in [2.75, 3.05) is 0 Å². The molecule has 0 unspecified atom stereocenters. The van der Waals surface area contributed by atoms with Crippen LogP contribution in [0.3, 0.4) is 0 Å². The maximum atomic E-state index is 10.3. The number of imidazole rings is 1. The highest BCUT2D eigenvalue weighted by Crippen LogP contribution is 2.36. The van der Waals surface area contributed by atoms with Crippen LogP contribution in [0.15, 0.2) is 79.0 Å². The number of aromatic hydroxyl groups is 1. The minimum Gasteiger partial charge on any atom is -0.506 e. The molecule has 0 atom stereocenters. The zero-order chi connectivity index (χ0) is 21.8. The van der Waals surface area contributed by atoms with Crippen molar-refractivity contribution in [2.45, 2.75) is 19.9 Å².